The fourth-order valence-electron chi connectivity index (χ4n) is 2.59. The molecule has 0 aromatic heterocycles. The maximum Gasteiger partial charge on any atom is 0.129 e. The molecule has 0 atom stereocenters. The van der Waals surface area contributed by atoms with Gasteiger partial charge in [-0.2, -0.15) is 0 Å². The van der Waals surface area contributed by atoms with Crippen molar-refractivity contribution in [3.8, 4) is 0 Å². The minimum absolute atomic E-state index is 0.283. The van der Waals surface area contributed by atoms with Gasteiger partial charge in [0.25, 0.3) is 0 Å². The summed E-state index contributed by atoms with van der Waals surface area (Å²) in [6.45, 7) is 3.51. The van der Waals surface area contributed by atoms with Crippen LogP contribution in [-0.4, -0.2) is 12.3 Å². The molecule has 18 heavy (non-hydrogen) atoms. The predicted molar refractivity (Wildman–Crippen MR) is 74.7 cm³/mol. The molecule has 0 bridgehead atoms. The van der Waals surface area contributed by atoms with Gasteiger partial charge in [-0.15, -0.1) is 0 Å². The third kappa shape index (κ3) is 3.95. The summed E-state index contributed by atoms with van der Waals surface area (Å²) in [4.78, 5) is 10.8. The molecule has 0 amide bonds. The molecule has 0 fully saturated rings. The van der Waals surface area contributed by atoms with E-state index in [-0.39, 0.29) is 5.78 Å². The molecule has 1 N–H and O–H groups in total. The smallest absolute Gasteiger partial charge is 0.129 e. The van der Waals surface area contributed by atoms with Gasteiger partial charge in [-0.25, -0.2) is 0 Å². The molecule has 0 aliphatic heterocycles. The lowest BCUT2D eigenvalue weighted by molar-refractivity contribution is -0.117. The van der Waals surface area contributed by atoms with Crippen LogP contribution in [0.2, 0.25) is 0 Å². The SMILES string of the molecule is CC(=O)CCCNCc1ccc2c(c1)CCCC2. The van der Waals surface area contributed by atoms with Crippen LogP contribution in [0.5, 0.6) is 0 Å². The molecule has 0 radical (unpaired) electrons. The summed E-state index contributed by atoms with van der Waals surface area (Å²) >= 11 is 0. The molecule has 1 aliphatic rings. The number of fused-ring (bicyclic) bond motifs is 1. The van der Waals surface area contributed by atoms with E-state index in [2.05, 4.69) is 23.5 Å². The van der Waals surface area contributed by atoms with Crippen molar-refractivity contribution >= 4 is 5.78 Å². The van der Waals surface area contributed by atoms with Crippen LogP contribution >= 0.6 is 0 Å². The quantitative estimate of drug-likeness (QED) is 0.781. The molecule has 0 heterocycles. The van der Waals surface area contributed by atoms with E-state index in [1.165, 1.54) is 31.2 Å². The molecule has 2 rings (SSSR count). The molecule has 1 aromatic carbocycles. The van der Waals surface area contributed by atoms with E-state index >= 15 is 0 Å². The lowest BCUT2D eigenvalue weighted by Crippen LogP contribution is -2.16. The fraction of sp³-hybridized carbons (Fsp3) is 0.562. The summed E-state index contributed by atoms with van der Waals surface area (Å²) in [6, 6.07) is 6.88. The van der Waals surface area contributed by atoms with Gasteiger partial charge in [0.1, 0.15) is 5.78 Å². The van der Waals surface area contributed by atoms with Gasteiger partial charge in [0, 0.05) is 13.0 Å². The Bertz CT molecular complexity index is 412. The Labute approximate surface area is 110 Å². The molecule has 1 aromatic rings. The van der Waals surface area contributed by atoms with Gasteiger partial charge in [0.15, 0.2) is 0 Å². The van der Waals surface area contributed by atoms with Gasteiger partial charge < -0.3 is 10.1 Å². The van der Waals surface area contributed by atoms with E-state index in [0.29, 0.717) is 6.42 Å². The molecular weight excluding hydrogens is 222 g/mol. The van der Waals surface area contributed by atoms with E-state index in [1.54, 1.807) is 18.1 Å². The number of carbonyl (C=O) groups is 1. The highest BCUT2D eigenvalue weighted by molar-refractivity contribution is 5.75. The van der Waals surface area contributed by atoms with Crippen LogP contribution in [0.1, 0.15) is 49.3 Å². The first-order chi connectivity index (χ1) is 8.75. The summed E-state index contributed by atoms with van der Waals surface area (Å²) < 4.78 is 0. The van der Waals surface area contributed by atoms with E-state index in [1.807, 2.05) is 0 Å². The minimum atomic E-state index is 0.283. The first kappa shape index (κ1) is 13.3. The van der Waals surface area contributed by atoms with Crippen LogP contribution < -0.4 is 5.32 Å². The number of carbonyl (C=O) groups excluding carboxylic acids is 1. The van der Waals surface area contributed by atoms with Crippen molar-refractivity contribution in [3.05, 3.63) is 34.9 Å². The zero-order valence-corrected chi connectivity index (χ0v) is 11.3. The van der Waals surface area contributed by atoms with Crippen LogP contribution in [-0.2, 0) is 24.2 Å². The maximum atomic E-state index is 10.8. The van der Waals surface area contributed by atoms with E-state index < -0.39 is 0 Å². The van der Waals surface area contributed by atoms with Gasteiger partial charge in [0.05, 0.1) is 0 Å². The van der Waals surface area contributed by atoms with Gasteiger partial charge in [-0.3, -0.25) is 0 Å². The second-order valence-corrected chi connectivity index (χ2v) is 5.29. The summed E-state index contributed by atoms with van der Waals surface area (Å²) in [7, 11) is 0. The molecule has 2 heteroatoms. The average molecular weight is 245 g/mol. The molecule has 1 aliphatic carbocycles. The number of aryl methyl sites for hydroxylation is 2. The highest BCUT2D eigenvalue weighted by atomic mass is 16.1. The van der Waals surface area contributed by atoms with Crippen LogP contribution in [0, 0.1) is 0 Å². The molecule has 0 unspecified atom stereocenters. The normalized spacial score (nSPS) is 14.3. The van der Waals surface area contributed by atoms with Crippen LogP contribution in [0.3, 0.4) is 0 Å². The number of rotatable bonds is 6. The molecule has 0 spiro atoms. The van der Waals surface area contributed by atoms with Crippen LogP contribution in [0.4, 0.5) is 0 Å². The van der Waals surface area contributed by atoms with E-state index in [9.17, 15) is 4.79 Å². The highest BCUT2D eigenvalue weighted by Crippen LogP contribution is 2.22. The van der Waals surface area contributed by atoms with Crippen molar-refractivity contribution in [2.75, 3.05) is 6.54 Å². The summed E-state index contributed by atoms with van der Waals surface area (Å²) in [5, 5.41) is 3.41. The summed E-state index contributed by atoms with van der Waals surface area (Å²) in [5.41, 5.74) is 4.46. The first-order valence-electron chi connectivity index (χ1n) is 7.06. The Morgan fingerprint density at radius 3 is 2.78 bits per heavy atom. The van der Waals surface area contributed by atoms with Gasteiger partial charge in [0.2, 0.25) is 0 Å². The Balaban J connectivity index is 1.77. The summed E-state index contributed by atoms with van der Waals surface area (Å²) in [6.07, 6.45) is 6.81. The fourth-order valence-corrected chi connectivity index (χ4v) is 2.59. The number of nitrogens with one attached hydrogen (secondary N) is 1. The zero-order valence-electron chi connectivity index (χ0n) is 11.3. The minimum Gasteiger partial charge on any atom is -0.313 e. The Hall–Kier alpha value is -1.15. The second kappa shape index (κ2) is 6.69. The Morgan fingerprint density at radius 2 is 2.00 bits per heavy atom. The van der Waals surface area contributed by atoms with Crippen molar-refractivity contribution in [2.45, 2.75) is 52.0 Å². The Morgan fingerprint density at radius 1 is 1.22 bits per heavy atom. The third-order valence-electron chi connectivity index (χ3n) is 3.62. The second-order valence-electron chi connectivity index (χ2n) is 5.29. The molecule has 98 valence electrons. The zero-order chi connectivity index (χ0) is 12.8. The molecule has 0 saturated heterocycles. The van der Waals surface area contributed by atoms with Crippen molar-refractivity contribution in [2.24, 2.45) is 0 Å². The first-order valence-corrected chi connectivity index (χ1v) is 7.06. The molecular formula is C16H23NO. The lowest BCUT2D eigenvalue weighted by Gasteiger charge is -2.16. The lowest BCUT2D eigenvalue weighted by atomic mass is 9.90. The highest BCUT2D eigenvalue weighted by Gasteiger charge is 2.08. The summed E-state index contributed by atoms with van der Waals surface area (Å²) in [5.74, 6) is 0.283. The van der Waals surface area contributed by atoms with Crippen LogP contribution in [0.25, 0.3) is 0 Å². The standard InChI is InChI=1S/C16H23NO/c1-13(18)5-4-10-17-12-14-8-9-15-6-2-3-7-16(15)11-14/h8-9,11,17H,2-7,10,12H2,1H3. The monoisotopic (exact) mass is 245 g/mol. The van der Waals surface area contributed by atoms with Gasteiger partial charge >= 0.3 is 0 Å². The molecule has 0 saturated carbocycles. The van der Waals surface area contributed by atoms with Crippen molar-refractivity contribution in [3.63, 3.8) is 0 Å². The predicted octanol–water partition coefficient (Wildman–Crippen LogP) is 3.02. The number of hydrogen-bond donors (Lipinski definition) is 1. The Kier molecular flexibility index (Phi) is 4.94. The number of Topliss-reactive ketones (excluding diaryl/α,β-unsaturated/α-hetero) is 1. The van der Waals surface area contributed by atoms with Crippen molar-refractivity contribution in [1.82, 2.24) is 5.32 Å². The number of hydrogen-bond acceptors (Lipinski definition) is 2. The average Bonchev–Trinajstić information content (AvgIpc) is 2.38. The van der Waals surface area contributed by atoms with Crippen LogP contribution in [0.15, 0.2) is 18.2 Å². The van der Waals surface area contributed by atoms with Gasteiger partial charge in [-0.1, -0.05) is 18.2 Å². The number of ketones is 1. The topological polar surface area (TPSA) is 29.1 Å². The maximum absolute atomic E-state index is 10.8. The van der Waals surface area contributed by atoms with E-state index in [4.69, 9.17) is 0 Å². The largest absolute Gasteiger partial charge is 0.313 e. The van der Waals surface area contributed by atoms with Crippen molar-refractivity contribution < 1.29 is 4.79 Å². The van der Waals surface area contributed by atoms with E-state index in [0.717, 1.165) is 19.5 Å². The van der Waals surface area contributed by atoms with Gasteiger partial charge in [-0.05, 0) is 62.3 Å². The number of benzene rings is 1. The third-order valence-corrected chi connectivity index (χ3v) is 3.62. The molecule has 2 nitrogen and oxygen atoms in total. The van der Waals surface area contributed by atoms with Crippen molar-refractivity contribution in [1.29, 1.82) is 0 Å².